The van der Waals surface area contributed by atoms with E-state index in [1.165, 1.54) is 38.5 Å². The van der Waals surface area contributed by atoms with Crippen molar-refractivity contribution in [3.63, 3.8) is 0 Å². The van der Waals surface area contributed by atoms with Crippen LogP contribution in [0.25, 0.3) is 0 Å². The summed E-state index contributed by atoms with van der Waals surface area (Å²) < 4.78 is 0. The molecule has 2 rings (SSSR count). The summed E-state index contributed by atoms with van der Waals surface area (Å²) in [6.45, 7) is 9.95. The van der Waals surface area contributed by atoms with Crippen LogP contribution in [0, 0.1) is 29.1 Å². The third-order valence-corrected chi connectivity index (χ3v) is 6.84. The lowest BCUT2D eigenvalue weighted by atomic mass is 9.48. The number of fused-ring (bicyclic) bond motifs is 1. The molecule has 0 amide bonds. The van der Waals surface area contributed by atoms with Gasteiger partial charge in [-0.3, -0.25) is 0 Å². The highest BCUT2D eigenvalue weighted by Gasteiger charge is 2.50. The Labute approximate surface area is 115 Å². The highest BCUT2D eigenvalue weighted by molar-refractivity contribution is 5.00. The molecule has 0 radical (unpaired) electrons. The standard InChI is InChI=1S/C18H34/c1-5-14(3)18(15(4)6-2)13-9-11-16-10-7-8-12-17(16)18/h14-17H,5-13H2,1-4H3. The molecular weight excluding hydrogens is 216 g/mol. The van der Waals surface area contributed by atoms with E-state index in [2.05, 4.69) is 27.7 Å². The third kappa shape index (κ3) is 2.25. The summed E-state index contributed by atoms with van der Waals surface area (Å²) in [6, 6.07) is 0. The Morgan fingerprint density at radius 1 is 0.889 bits per heavy atom. The molecule has 2 fully saturated rings. The van der Waals surface area contributed by atoms with Gasteiger partial charge in [0.15, 0.2) is 0 Å². The molecule has 0 N–H and O–H groups in total. The van der Waals surface area contributed by atoms with Crippen molar-refractivity contribution in [1.29, 1.82) is 0 Å². The van der Waals surface area contributed by atoms with Crippen LogP contribution in [0.2, 0.25) is 0 Å². The van der Waals surface area contributed by atoms with Gasteiger partial charge in [0.05, 0.1) is 0 Å². The maximum atomic E-state index is 2.56. The molecule has 0 aromatic heterocycles. The molecule has 106 valence electrons. The van der Waals surface area contributed by atoms with Gasteiger partial charge >= 0.3 is 0 Å². The van der Waals surface area contributed by atoms with Gasteiger partial charge in [-0.15, -0.1) is 0 Å². The van der Waals surface area contributed by atoms with Crippen molar-refractivity contribution in [2.45, 2.75) is 85.5 Å². The Bertz CT molecular complexity index is 243. The molecule has 0 nitrogen and oxygen atoms in total. The average Bonchev–Trinajstić information content (AvgIpc) is 2.44. The van der Waals surface area contributed by atoms with E-state index in [-0.39, 0.29) is 0 Å². The number of rotatable bonds is 4. The normalized spacial score (nSPS) is 40.0. The first-order valence-corrected chi connectivity index (χ1v) is 8.66. The lowest BCUT2D eigenvalue weighted by Gasteiger charge is -2.57. The molecule has 0 heteroatoms. The fourth-order valence-corrected chi connectivity index (χ4v) is 5.59. The Kier molecular flexibility index (Phi) is 4.78. The molecule has 18 heavy (non-hydrogen) atoms. The molecule has 0 spiro atoms. The van der Waals surface area contributed by atoms with Crippen LogP contribution in [-0.4, -0.2) is 0 Å². The van der Waals surface area contributed by atoms with Gasteiger partial charge in [0.2, 0.25) is 0 Å². The molecular formula is C18H34. The quantitative estimate of drug-likeness (QED) is 0.569. The summed E-state index contributed by atoms with van der Waals surface area (Å²) in [5.41, 5.74) is 0.687. The summed E-state index contributed by atoms with van der Waals surface area (Å²) in [5, 5.41) is 0. The van der Waals surface area contributed by atoms with E-state index >= 15 is 0 Å². The minimum Gasteiger partial charge on any atom is -0.0651 e. The van der Waals surface area contributed by atoms with Crippen molar-refractivity contribution in [3.8, 4) is 0 Å². The smallest absolute Gasteiger partial charge is 0.0215 e. The lowest BCUT2D eigenvalue weighted by molar-refractivity contribution is -0.0737. The van der Waals surface area contributed by atoms with Gasteiger partial charge in [0, 0.05) is 0 Å². The van der Waals surface area contributed by atoms with E-state index < -0.39 is 0 Å². The van der Waals surface area contributed by atoms with Crippen molar-refractivity contribution in [2.24, 2.45) is 29.1 Å². The second-order valence-electron chi connectivity index (χ2n) is 7.27. The second-order valence-corrected chi connectivity index (χ2v) is 7.27. The van der Waals surface area contributed by atoms with Crippen LogP contribution in [0.1, 0.15) is 85.5 Å². The van der Waals surface area contributed by atoms with Gasteiger partial charge < -0.3 is 0 Å². The SMILES string of the molecule is CCC(C)C1(C(C)CC)CCCC2CCCCC21. The van der Waals surface area contributed by atoms with Crippen LogP contribution >= 0.6 is 0 Å². The lowest BCUT2D eigenvalue weighted by Crippen LogP contribution is -2.49. The predicted molar refractivity (Wildman–Crippen MR) is 80.6 cm³/mol. The Hall–Kier alpha value is 0. The molecule has 2 aliphatic rings. The molecule has 0 bridgehead atoms. The summed E-state index contributed by atoms with van der Waals surface area (Å²) in [4.78, 5) is 0. The highest BCUT2D eigenvalue weighted by atomic mass is 14.6. The maximum Gasteiger partial charge on any atom is -0.0215 e. The van der Waals surface area contributed by atoms with E-state index in [0.717, 1.165) is 23.7 Å². The first-order chi connectivity index (χ1) is 8.66. The molecule has 0 aromatic carbocycles. The zero-order valence-electron chi connectivity index (χ0n) is 13.2. The summed E-state index contributed by atoms with van der Waals surface area (Å²) >= 11 is 0. The highest BCUT2D eigenvalue weighted by Crippen LogP contribution is 2.59. The van der Waals surface area contributed by atoms with Crippen LogP contribution in [0.15, 0.2) is 0 Å². The molecule has 2 aliphatic carbocycles. The molecule has 4 unspecified atom stereocenters. The van der Waals surface area contributed by atoms with E-state index in [9.17, 15) is 0 Å². The largest absolute Gasteiger partial charge is 0.0651 e. The van der Waals surface area contributed by atoms with E-state index in [1.807, 2.05) is 0 Å². The van der Waals surface area contributed by atoms with Crippen molar-refractivity contribution in [2.75, 3.05) is 0 Å². The van der Waals surface area contributed by atoms with Gasteiger partial charge in [0.25, 0.3) is 0 Å². The van der Waals surface area contributed by atoms with Crippen molar-refractivity contribution in [1.82, 2.24) is 0 Å². The van der Waals surface area contributed by atoms with Crippen LogP contribution in [-0.2, 0) is 0 Å². The minimum atomic E-state index is 0.687. The van der Waals surface area contributed by atoms with E-state index in [0.29, 0.717) is 5.41 Å². The summed E-state index contributed by atoms with van der Waals surface area (Å²) in [7, 11) is 0. The fraction of sp³-hybridized carbons (Fsp3) is 1.00. The van der Waals surface area contributed by atoms with Gasteiger partial charge in [-0.2, -0.15) is 0 Å². The predicted octanol–water partition coefficient (Wildman–Crippen LogP) is 6.06. The number of hydrogen-bond acceptors (Lipinski definition) is 0. The summed E-state index contributed by atoms with van der Waals surface area (Å²) in [6.07, 6.45) is 13.4. The van der Waals surface area contributed by atoms with E-state index in [1.54, 1.807) is 19.3 Å². The van der Waals surface area contributed by atoms with E-state index in [4.69, 9.17) is 0 Å². The molecule has 0 heterocycles. The first-order valence-electron chi connectivity index (χ1n) is 8.66. The van der Waals surface area contributed by atoms with Gasteiger partial charge in [0.1, 0.15) is 0 Å². The fourth-order valence-electron chi connectivity index (χ4n) is 5.59. The first kappa shape index (κ1) is 14.4. The van der Waals surface area contributed by atoms with Crippen LogP contribution < -0.4 is 0 Å². The van der Waals surface area contributed by atoms with Gasteiger partial charge in [-0.05, 0) is 41.9 Å². The molecule has 0 aliphatic heterocycles. The van der Waals surface area contributed by atoms with Gasteiger partial charge in [-0.25, -0.2) is 0 Å². The minimum absolute atomic E-state index is 0.687. The van der Waals surface area contributed by atoms with Gasteiger partial charge in [-0.1, -0.05) is 72.6 Å². The van der Waals surface area contributed by atoms with Crippen LogP contribution in [0.5, 0.6) is 0 Å². The maximum absolute atomic E-state index is 2.56. The van der Waals surface area contributed by atoms with Crippen molar-refractivity contribution in [3.05, 3.63) is 0 Å². The Morgan fingerprint density at radius 2 is 1.44 bits per heavy atom. The van der Waals surface area contributed by atoms with Crippen molar-refractivity contribution < 1.29 is 0 Å². The molecule has 0 saturated heterocycles. The second kappa shape index (κ2) is 5.97. The van der Waals surface area contributed by atoms with Crippen molar-refractivity contribution >= 4 is 0 Å². The summed E-state index contributed by atoms with van der Waals surface area (Å²) in [5.74, 6) is 4.00. The Balaban J connectivity index is 2.30. The molecule has 2 saturated carbocycles. The zero-order chi connectivity index (χ0) is 13.2. The van der Waals surface area contributed by atoms with Crippen LogP contribution in [0.3, 0.4) is 0 Å². The molecule has 0 aromatic rings. The topological polar surface area (TPSA) is 0 Å². The number of hydrogen-bond donors (Lipinski definition) is 0. The monoisotopic (exact) mass is 250 g/mol. The zero-order valence-corrected chi connectivity index (χ0v) is 13.2. The third-order valence-electron chi connectivity index (χ3n) is 6.84. The Morgan fingerprint density at radius 3 is 2.06 bits per heavy atom. The van der Waals surface area contributed by atoms with Crippen LogP contribution in [0.4, 0.5) is 0 Å². The molecule has 4 atom stereocenters. The average molecular weight is 250 g/mol.